The summed E-state index contributed by atoms with van der Waals surface area (Å²) in [5.41, 5.74) is 2.41. The number of carbonyl (C=O) groups excluding carboxylic acids is 1. The second-order valence-corrected chi connectivity index (χ2v) is 7.79. The topological polar surface area (TPSA) is 51.0 Å². The normalized spacial score (nSPS) is 10.9. The number of hydrogen-bond acceptors (Lipinski definition) is 4. The average molecular weight is 419 g/mol. The largest absolute Gasteiger partial charge is 0.341 e. The first-order chi connectivity index (χ1) is 13.4. The van der Waals surface area contributed by atoms with Crippen LogP contribution < -0.4 is 0 Å². The maximum atomic E-state index is 13.9. The molecule has 2 aromatic carbocycles. The van der Waals surface area contributed by atoms with Gasteiger partial charge in [-0.25, -0.2) is 4.39 Å². The molecule has 1 heterocycles. The van der Waals surface area contributed by atoms with Crippen molar-refractivity contribution in [2.24, 2.45) is 0 Å². The monoisotopic (exact) mass is 418 g/mol. The number of aromatic nitrogens is 3. The summed E-state index contributed by atoms with van der Waals surface area (Å²) < 4.78 is 15.9. The summed E-state index contributed by atoms with van der Waals surface area (Å²) in [6, 6.07) is 12.5. The van der Waals surface area contributed by atoms with Gasteiger partial charge in [0.05, 0.1) is 5.75 Å². The number of rotatable bonds is 6. The van der Waals surface area contributed by atoms with Gasteiger partial charge in [-0.05, 0) is 38.1 Å². The fourth-order valence-electron chi connectivity index (χ4n) is 2.67. The number of benzene rings is 2. The van der Waals surface area contributed by atoms with Crippen LogP contribution >= 0.6 is 23.4 Å². The number of hydrogen-bond donors (Lipinski definition) is 0. The molecule has 0 N–H and O–H groups in total. The molecule has 0 saturated carbocycles. The lowest BCUT2D eigenvalue weighted by Gasteiger charge is -2.18. The van der Waals surface area contributed by atoms with Gasteiger partial charge in [-0.3, -0.25) is 9.36 Å². The highest BCUT2D eigenvalue weighted by Gasteiger charge is 2.17. The number of thioether (sulfide) groups is 1. The van der Waals surface area contributed by atoms with Crippen LogP contribution in [0, 0.1) is 19.7 Å². The Hall–Kier alpha value is -2.38. The lowest BCUT2D eigenvalue weighted by atomic mass is 10.2. The van der Waals surface area contributed by atoms with Crippen LogP contribution in [0.4, 0.5) is 4.39 Å². The standard InChI is InChI=1S/C20H20ClFN4OS/c1-13-7-9-15(10-8-13)26-14(2)23-24-20(26)28-12-19(27)25(3)11-16-17(21)5-4-6-18(16)22/h4-10H,11-12H2,1-3H3. The van der Waals surface area contributed by atoms with E-state index in [4.69, 9.17) is 11.6 Å². The molecule has 0 fully saturated rings. The van der Waals surface area contributed by atoms with Crippen LogP contribution in [0.1, 0.15) is 17.0 Å². The third-order valence-corrected chi connectivity index (χ3v) is 5.56. The molecule has 0 bridgehead atoms. The Morgan fingerprint density at radius 1 is 1.18 bits per heavy atom. The molecule has 0 atom stereocenters. The summed E-state index contributed by atoms with van der Waals surface area (Å²) in [4.78, 5) is 14.0. The highest BCUT2D eigenvalue weighted by molar-refractivity contribution is 7.99. The fraction of sp³-hybridized carbons (Fsp3) is 0.250. The first kappa shape index (κ1) is 20.4. The van der Waals surface area contributed by atoms with Gasteiger partial charge in [-0.15, -0.1) is 10.2 Å². The van der Waals surface area contributed by atoms with Gasteiger partial charge in [0, 0.05) is 29.9 Å². The molecule has 3 aromatic rings. The second kappa shape index (κ2) is 8.75. The fourth-order valence-corrected chi connectivity index (χ4v) is 3.83. The van der Waals surface area contributed by atoms with Crippen molar-refractivity contribution < 1.29 is 9.18 Å². The van der Waals surface area contributed by atoms with E-state index in [0.717, 1.165) is 17.1 Å². The summed E-state index contributed by atoms with van der Waals surface area (Å²) >= 11 is 7.34. The predicted molar refractivity (Wildman–Crippen MR) is 109 cm³/mol. The van der Waals surface area contributed by atoms with Crippen molar-refractivity contribution in [3.63, 3.8) is 0 Å². The van der Waals surface area contributed by atoms with E-state index in [-0.39, 0.29) is 18.2 Å². The van der Waals surface area contributed by atoms with E-state index in [1.54, 1.807) is 19.2 Å². The van der Waals surface area contributed by atoms with Crippen molar-refractivity contribution in [1.82, 2.24) is 19.7 Å². The molecule has 5 nitrogen and oxygen atoms in total. The van der Waals surface area contributed by atoms with Crippen molar-refractivity contribution in [2.45, 2.75) is 25.5 Å². The maximum Gasteiger partial charge on any atom is 0.233 e. The summed E-state index contributed by atoms with van der Waals surface area (Å²) in [6.45, 7) is 3.99. The highest BCUT2D eigenvalue weighted by atomic mass is 35.5. The smallest absolute Gasteiger partial charge is 0.233 e. The lowest BCUT2D eigenvalue weighted by Crippen LogP contribution is -2.28. The van der Waals surface area contributed by atoms with Crippen LogP contribution in [0.2, 0.25) is 5.02 Å². The molecule has 1 aromatic heterocycles. The molecule has 0 unspecified atom stereocenters. The molecule has 0 radical (unpaired) electrons. The molecule has 8 heteroatoms. The Morgan fingerprint density at radius 2 is 1.89 bits per heavy atom. The van der Waals surface area contributed by atoms with Crippen LogP contribution in [-0.4, -0.2) is 38.4 Å². The van der Waals surface area contributed by atoms with Crippen LogP contribution in [0.3, 0.4) is 0 Å². The summed E-state index contributed by atoms with van der Waals surface area (Å²) in [6.07, 6.45) is 0. The Labute approximate surface area is 172 Å². The SMILES string of the molecule is Cc1ccc(-n2c(C)nnc2SCC(=O)N(C)Cc2c(F)cccc2Cl)cc1. The molecule has 146 valence electrons. The molecule has 0 saturated heterocycles. The first-order valence-electron chi connectivity index (χ1n) is 8.65. The molecule has 0 spiro atoms. The number of carbonyl (C=O) groups is 1. The van der Waals surface area contributed by atoms with E-state index < -0.39 is 5.82 Å². The van der Waals surface area contributed by atoms with Crippen molar-refractivity contribution >= 4 is 29.3 Å². The zero-order valence-corrected chi connectivity index (χ0v) is 17.4. The number of amides is 1. The summed E-state index contributed by atoms with van der Waals surface area (Å²) in [5, 5.41) is 9.25. The number of nitrogens with zero attached hydrogens (tertiary/aromatic N) is 4. The molecule has 1 amide bonds. The van der Waals surface area contributed by atoms with E-state index >= 15 is 0 Å². The summed E-state index contributed by atoms with van der Waals surface area (Å²) in [7, 11) is 1.63. The Kier molecular flexibility index (Phi) is 6.36. The van der Waals surface area contributed by atoms with E-state index in [0.29, 0.717) is 15.7 Å². The van der Waals surface area contributed by atoms with Crippen LogP contribution in [-0.2, 0) is 11.3 Å². The number of halogens is 2. The Balaban J connectivity index is 1.69. The van der Waals surface area contributed by atoms with Crippen molar-refractivity contribution in [2.75, 3.05) is 12.8 Å². The summed E-state index contributed by atoms with van der Waals surface area (Å²) in [5.74, 6) is 0.326. The predicted octanol–water partition coefficient (Wildman–Crippen LogP) is 4.43. The maximum absolute atomic E-state index is 13.9. The molecular formula is C20H20ClFN4OS. The minimum atomic E-state index is -0.422. The van der Waals surface area contributed by atoms with Gasteiger partial charge < -0.3 is 4.90 Å². The Morgan fingerprint density at radius 3 is 2.57 bits per heavy atom. The van der Waals surface area contributed by atoms with Gasteiger partial charge in [-0.2, -0.15) is 0 Å². The zero-order chi connectivity index (χ0) is 20.3. The van der Waals surface area contributed by atoms with Crippen LogP contribution in [0.15, 0.2) is 47.6 Å². The average Bonchev–Trinajstić information content (AvgIpc) is 3.04. The highest BCUT2D eigenvalue weighted by Crippen LogP contribution is 2.24. The third-order valence-electron chi connectivity index (χ3n) is 4.29. The third kappa shape index (κ3) is 4.54. The first-order valence-corrected chi connectivity index (χ1v) is 10.0. The van der Waals surface area contributed by atoms with Gasteiger partial charge in [0.15, 0.2) is 5.16 Å². The molecular weight excluding hydrogens is 399 g/mol. The van der Waals surface area contributed by atoms with Gasteiger partial charge in [0.2, 0.25) is 5.91 Å². The minimum Gasteiger partial charge on any atom is -0.341 e. The van der Waals surface area contributed by atoms with E-state index in [9.17, 15) is 9.18 Å². The van der Waals surface area contributed by atoms with E-state index in [1.165, 1.54) is 22.7 Å². The van der Waals surface area contributed by atoms with Gasteiger partial charge in [0.1, 0.15) is 11.6 Å². The van der Waals surface area contributed by atoms with Crippen molar-refractivity contribution in [3.8, 4) is 5.69 Å². The second-order valence-electron chi connectivity index (χ2n) is 6.44. The number of aryl methyl sites for hydroxylation is 2. The van der Waals surface area contributed by atoms with Crippen LogP contribution in [0.5, 0.6) is 0 Å². The van der Waals surface area contributed by atoms with Crippen LogP contribution in [0.25, 0.3) is 5.69 Å². The van der Waals surface area contributed by atoms with Gasteiger partial charge in [0.25, 0.3) is 0 Å². The molecule has 0 aliphatic heterocycles. The lowest BCUT2D eigenvalue weighted by molar-refractivity contribution is -0.127. The zero-order valence-electron chi connectivity index (χ0n) is 15.8. The minimum absolute atomic E-state index is 0.106. The van der Waals surface area contributed by atoms with Gasteiger partial charge >= 0.3 is 0 Å². The quantitative estimate of drug-likeness (QED) is 0.556. The van der Waals surface area contributed by atoms with Gasteiger partial charge in [-0.1, -0.05) is 47.1 Å². The van der Waals surface area contributed by atoms with Crippen molar-refractivity contribution in [1.29, 1.82) is 0 Å². The molecule has 28 heavy (non-hydrogen) atoms. The van der Waals surface area contributed by atoms with E-state index in [2.05, 4.69) is 10.2 Å². The molecule has 0 aliphatic rings. The van der Waals surface area contributed by atoms with Crippen molar-refractivity contribution in [3.05, 3.63) is 70.3 Å². The Bertz CT molecular complexity index is 970. The molecule has 0 aliphatic carbocycles. The molecule has 3 rings (SSSR count). The van der Waals surface area contributed by atoms with E-state index in [1.807, 2.05) is 42.7 Å².